The first-order valence-corrected chi connectivity index (χ1v) is 5.12. The number of carbonyl (C=O) groups excluding carboxylic acids is 2. The molecule has 0 radical (unpaired) electrons. The lowest BCUT2D eigenvalue weighted by atomic mass is 10.1. The lowest BCUT2D eigenvalue weighted by Crippen LogP contribution is -2.34. The number of hydrogen-bond acceptors (Lipinski definition) is 3. The van der Waals surface area contributed by atoms with Crippen LogP contribution in [0.3, 0.4) is 0 Å². The fraction of sp³-hybridized carbons (Fsp3) is 0.750. The number of nitrogens with one attached hydrogen (secondary N) is 1. The number of hydrogen-bond donors (Lipinski definition) is 1. The second-order valence-corrected chi connectivity index (χ2v) is 3.79. The van der Waals surface area contributed by atoms with Gasteiger partial charge in [0.25, 0.3) is 5.24 Å². The molecule has 0 aromatic heterocycles. The maximum atomic E-state index is 10.9. The summed E-state index contributed by atoms with van der Waals surface area (Å²) in [5.74, 6) is 0.419. The molecule has 70 valence electrons. The molecule has 0 spiro atoms. The Morgan fingerprint density at radius 3 is 2.50 bits per heavy atom. The van der Waals surface area contributed by atoms with E-state index in [2.05, 4.69) is 5.32 Å². The largest absolute Gasteiger partial charge is 0.337 e. The number of rotatable bonds is 4. The Labute approximate surface area is 77.3 Å². The number of thioether (sulfide) groups is 1. The lowest BCUT2D eigenvalue weighted by Gasteiger charge is -2.13. The molecule has 12 heavy (non-hydrogen) atoms. The van der Waals surface area contributed by atoms with E-state index >= 15 is 0 Å². The van der Waals surface area contributed by atoms with Gasteiger partial charge in [-0.05, 0) is 18.6 Å². The summed E-state index contributed by atoms with van der Waals surface area (Å²) in [4.78, 5) is 21.3. The van der Waals surface area contributed by atoms with Gasteiger partial charge in [-0.2, -0.15) is 0 Å². The molecule has 0 aliphatic rings. The van der Waals surface area contributed by atoms with Crippen molar-refractivity contribution in [2.75, 3.05) is 6.26 Å². The molecule has 1 amide bonds. The van der Waals surface area contributed by atoms with Gasteiger partial charge in [-0.25, -0.2) is 0 Å². The van der Waals surface area contributed by atoms with E-state index < -0.39 is 0 Å². The zero-order chi connectivity index (χ0) is 9.56. The number of carbonyl (C=O) groups is 2. The quantitative estimate of drug-likeness (QED) is 0.684. The van der Waals surface area contributed by atoms with E-state index in [0.717, 1.165) is 18.0 Å². The minimum atomic E-state index is -0.329. The van der Waals surface area contributed by atoms with Crippen LogP contribution in [-0.4, -0.2) is 23.8 Å². The van der Waals surface area contributed by atoms with Gasteiger partial charge in [-0.15, -0.1) is 0 Å². The topological polar surface area (TPSA) is 46.2 Å². The van der Waals surface area contributed by atoms with Crippen molar-refractivity contribution in [2.45, 2.75) is 26.3 Å². The molecule has 0 aromatic carbocycles. The highest BCUT2D eigenvalue weighted by molar-refractivity contribution is 8.12. The summed E-state index contributed by atoms with van der Waals surface area (Å²) in [5, 5.41) is 2.46. The lowest BCUT2D eigenvalue weighted by molar-refractivity contribution is -0.109. The van der Waals surface area contributed by atoms with Gasteiger partial charge >= 0.3 is 0 Å². The molecule has 0 saturated heterocycles. The van der Waals surface area contributed by atoms with Crippen LogP contribution in [0.2, 0.25) is 0 Å². The van der Waals surface area contributed by atoms with Crippen LogP contribution in [0, 0.1) is 5.92 Å². The Bertz CT molecular complexity index is 159. The van der Waals surface area contributed by atoms with E-state index in [0.29, 0.717) is 12.3 Å². The first-order valence-electron chi connectivity index (χ1n) is 3.90. The molecule has 0 aliphatic heterocycles. The molecule has 0 heterocycles. The summed E-state index contributed by atoms with van der Waals surface area (Å²) >= 11 is 1.09. The van der Waals surface area contributed by atoms with Gasteiger partial charge in [0.2, 0.25) is 0 Å². The van der Waals surface area contributed by atoms with Crippen LogP contribution < -0.4 is 5.32 Å². The molecule has 1 unspecified atom stereocenters. The van der Waals surface area contributed by atoms with E-state index in [4.69, 9.17) is 0 Å². The smallest absolute Gasteiger partial charge is 0.279 e. The highest BCUT2D eigenvalue weighted by atomic mass is 32.2. The maximum absolute atomic E-state index is 10.9. The molecule has 4 heteroatoms. The van der Waals surface area contributed by atoms with Crippen molar-refractivity contribution in [3.63, 3.8) is 0 Å². The molecular formula is C8H15NO2S. The third-order valence-electron chi connectivity index (χ3n) is 1.38. The van der Waals surface area contributed by atoms with Crippen molar-refractivity contribution in [1.29, 1.82) is 0 Å². The Kier molecular flexibility index (Phi) is 5.80. The van der Waals surface area contributed by atoms with Crippen molar-refractivity contribution in [3.8, 4) is 0 Å². The Morgan fingerprint density at radius 2 is 2.17 bits per heavy atom. The van der Waals surface area contributed by atoms with E-state index in [9.17, 15) is 9.59 Å². The zero-order valence-electron chi connectivity index (χ0n) is 7.66. The van der Waals surface area contributed by atoms with Crippen LogP contribution in [0.25, 0.3) is 0 Å². The van der Waals surface area contributed by atoms with E-state index in [-0.39, 0.29) is 11.3 Å². The van der Waals surface area contributed by atoms with Crippen molar-refractivity contribution >= 4 is 23.3 Å². The predicted octanol–water partition coefficient (Wildman–Crippen LogP) is 1.67. The Hall–Kier alpha value is -0.510. The molecule has 3 nitrogen and oxygen atoms in total. The van der Waals surface area contributed by atoms with Crippen LogP contribution in [0.1, 0.15) is 20.3 Å². The summed E-state index contributed by atoms with van der Waals surface area (Å²) < 4.78 is 0. The summed E-state index contributed by atoms with van der Waals surface area (Å²) in [6.45, 7) is 4.03. The van der Waals surface area contributed by atoms with Crippen molar-refractivity contribution < 1.29 is 9.59 Å². The summed E-state index contributed by atoms with van der Waals surface area (Å²) in [7, 11) is 0. The van der Waals surface area contributed by atoms with Crippen LogP contribution >= 0.6 is 11.8 Å². The van der Waals surface area contributed by atoms with Crippen molar-refractivity contribution in [1.82, 2.24) is 5.32 Å². The average molecular weight is 189 g/mol. The van der Waals surface area contributed by atoms with Crippen LogP contribution in [0.15, 0.2) is 0 Å². The molecule has 0 saturated carbocycles. The van der Waals surface area contributed by atoms with Crippen LogP contribution in [0.4, 0.5) is 4.79 Å². The summed E-state index contributed by atoms with van der Waals surface area (Å²) in [6.07, 6.45) is 3.18. The van der Waals surface area contributed by atoms with Gasteiger partial charge in [-0.3, -0.25) is 4.79 Å². The fourth-order valence-corrected chi connectivity index (χ4v) is 1.14. The highest BCUT2D eigenvalue weighted by Crippen LogP contribution is 2.04. The SMILES string of the molecule is CSC(=O)NC(C=O)CC(C)C. The van der Waals surface area contributed by atoms with Gasteiger partial charge in [0.1, 0.15) is 6.29 Å². The molecular weight excluding hydrogens is 174 g/mol. The monoisotopic (exact) mass is 189 g/mol. The molecule has 0 rings (SSSR count). The van der Waals surface area contributed by atoms with Gasteiger partial charge in [0, 0.05) is 0 Å². The predicted molar refractivity (Wildman–Crippen MR) is 51.4 cm³/mol. The zero-order valence-corrected chi connectivity index (χ0v) is 8.48. The van der Waals surface area contributed by atoms with Crippen molar-refractivity contribution in [3.05, 3.63) is 0 Å². The first kappa shape index (κ1) is 11.5. The van der Waals surface area contributed by atoms with Gasteiger partial charge in [0.05, 0.1) is 6.04 Å². The Balaban J connectivity index is 3.82. The number of amides is 1. The molecule has 1 N–H and O–H groups in total. The molecule has 0 aromatic rings. The molecule has 1 atom stereocenters. The second-order valence-electron chi connectivity index (χ2n) is 3.01. The maximum Gasteiger partial charge on any atom is 0.279 e. The third kappa shape index (κ3) is 5.18. The number of aldehydes is 1. The average Bonchev–Trinajstić information content (AvgIpc) is 2.02. The van der Waals surface area contributed by atoms with Crippen LogP contribution in [-0.2, 0) is 4.79 Å². The molecule has 0 fully saturated rings. The standard InChI is InChI=1S/C8H15NO2S/c1-6(2)4-7(5-10)9-8(11)12-3/h5-7H,4H2,1-3H3,(H,9,11). The van der Waals surface area contributed by atoms with E-state index in [1.807, 2.05) is 13.8 Å². The minimum Gasteiger partial charge on any atom is -0.337 e. The second kappa shape index (κ2) is 6.06. The van der Waals surface area contributed by atoms with Gasteiger partial charge in [-0.1, -0.05) is 25.6 Å². The third-order valence-corrected chi connectivity index (χ3v) is 1.87. The summed E-state index contributed by atoms with van der Waals surface area (Å²) in [6, 6.07) is -0.329. The van der Waals surface area contributed by atoms with E-state index in [1.54, 1.807) is 6.26 Å². The van der Waals surface area contributed by atoms with Crippen molar-refractivity contribution in [2.24, 2.45) is 5.92 Å². The minimum absolute atomic E-state index is 0.146. The normalized spacial score (nSPS) is 12.7. The fourth-order valence-electron chi connectivity index (χ4n) is 0.867. The van der Waals surface area contributed by atoms with Gasteiger partial charge < -0.3 is 10.1 Å². The molecule has 0 aliphatic carbocycles. The van der Waals surface area contributed by atoms with E-state index in [1.165, 1.54) is 0 Å². The van der Waals surface area contributed by atoms with Crippen LogP contribution in [0.5, 0.6) is 0 Å². The molecule has 0 bridgehead atoms. The van der Waals surface area contributed by atoms with Gasteiger partial charge in [0.15, 0.2) is 0 Å². The summed E-state index contributed by atoms with van der Waals surface area (Å²) in [5.41, 5.74) is 0. The first-order chi connectivity index (χ1) is 5.60. The highest BCUT2D eigenvalue weighted by Gasteiger charge is 2.11. The Morgan fingerprint density at radius 1 is 1.58 bits per heavy atom.